The first kappa shape index (κ1) is 65.2. The number of hydrogen-bond donors (Lipinski definition) is 1. The quantitative estimate of drug-likeness (QED) is 0.0959. The van der Waals surface area contributed by atoms with Crippen LogP contribution < -0.4 is 0 Å². The number of benzene rings is 4. The van der Waals surface area contributed by atoms with Crippen LogP contribution >= 0.6 is 46.4 Å². The van der Waals surface area contributed by atoms with Crippen molar-refractivity contribution in [1.82, 2.24) is 9.80 Å². The molecule has 10 atom stereocenters. The maximum atomic E-state index is 14.6. The Balaban J connectivity index is 0.000000291. The SMILES string of the molecule is C=CC[C@@]1(C)C[C@H](c2cccc(Cl)c2)[C@@H](c2ccc(Cl)cc2)N([C@H](CS(=O)(=NC(C)=O)C(C)C)C(C)C)C1=O.CC(=O)N=S(=O)(C[C@H](C(C)C)N1C(=O)[C@@](C)(CC(=O)O)C[C@H](c2cccc(Cl)c2)[C@H]1c1ccc(Cl)cc1)C(C)C. The van der Waals surface area contributed by atoms with Crippen LogP contribution in [-0.2, 0) is 43.4 Å². The van der Waals surface area contributed by atoms with Gasteiger partial charge in [0.15, 0.2) is 0 Å². The van der Waals surface area contributed by atoms with Crippen LogP contribution in [0.4, 0.5) is 0 Å². The molecule has 1 N–H and O–H groups in total. The largest absolute Gasteiger partial charge is 0.481 e. The van der Waals surface area contributed by atoms with E-state index in [1.54, 1.807) is 49.9 Å². The normalized spacial score (nSPS) is 23.8. The molecular weight excluding hydrogens is 1120 g/mol. The van der Waals surface area contributed by atoms with Gasteiger partial charge in [0.05, 0.1) is 60.3 Å². The number of piperidine rings is 2. The zero-order chi connectivity index (χ0) is 59.1. The Bertz CT molecular complexity index is 3130. The number of likely N-dealkylation sites (tertiary alicyclic amines) is 2. The average molecular weight is 1200 g/mol. The maximum Gasteiger partial charge on any atom is 0.304 e. The molecule has 6 rings (SSSR count). The lowest BCUT2D eigenvalue weighted by atomic mass is 9.66. The molecule has 18 heteroatoms. The number of allylic oxidation sites excluding steroid dienone is 1. The third kappa shape index (κ3) is 15.7. The van der Waals surface area contributed by atoms with E-state index in [1.165, 1.54) is 13.8 Å². The number of nitrogens with zero attached hydrogens (tertiary/aromatic N) is 4. The molecule has 2 aliphatic heterocycles. The number of carbonyl (C=O) groups excluding carboxylic acids is 4. The number of aliphatic carboxylic acids is 1. The number of hydrogen-bond acceptors (Lipinski definition) is 7. The first-order valence-corrected chi connectivity index (χ1v) is 31.8. The van der Waals surface area contributed by atoms with Crippen molar-refractivity contribution in [2.24, 2.45) is 31.4 Å². The molecule has 4 aromatic rings. The van der Waals surface area contributed by atoms with E-state index in [2.05, 4.69) is 21.4 Å². The number of carboxylic acid groups (broad SMARTS) is 1. The van der Waals surface area contributed by atoms with Crippen molar-refractivity contribution in [3.63, 3.8) is 0 Å². The summed E-state index contributed by atoms with van der Waals surface area (Å²) in [6, 6.07) is 28.0. The van der Waals surface area contributed by atoms with E-state index in [0.717, 1.165) is 22.3 Å². The van der Waals surface area contributed by atoms with Gasteiger partial charge in [0, 0.05) is 68.4 Å². The van der Waals surface area contributed by atoms with Gasteiger partial charge in [-0.15, -0.1) is 6.58 Å². The first-order chi connectivity index (χ1) is 36.8. The Morgan fingerprint density at radius 3 is 1.27 bits per heavy atom. The molecule has 79 heavy (non-hydrogen) atoms. The Kier molecular flexibility index (Phi) is 22.3. The van der Waals surface area contributed by atoms with Crippen molar-refractivity contribution in [2.75, 3.05) is 11.5 Å². The zero-order valence-electron chi connectivity index (χ0n) is 47.5. The summed E-state index contributed by atoms with van der Waals surface area (Å²) >= 11 is 25.4. The highest BCUT2D eigenvalue weighted by atomic mass is 35.5. The molecule has 4 aromatic carbocycles. The van der Waals surface area contributed by atoms with E-state index >= 15 is 0 Å². The van der Waals surface area contributed by atoms with Crippen LogP contribution in [0.25, 0.3) is 0 Å². The molecule has 0 aliphatic carbocycles. The van der Waals surface area contributed by atoms with Gasteiger partial charge in [0.2, 0.25) is 11.8 Å². The summed E-state index contributed by atoms with van der Waals surface area (Å²) in [4.78, 5) is 68.9. The number of carboxylic acids is 1. The van der Waals surface area contributed by atoms with Gasteiger partial charge in [0.1, 0.15) is 0 Å². The second-order valence-electron chi connectivity index (χ2n) is 23.0. The summed E-state index contributed by atoms with van der Waals surface area (Å²) in [7, 11) is -6.01. The lowest BCUT2D eigenvalue weighted by Crippen LogP contribution is -2.59. The summed E-state index contributed by atoms with van der Waals surface area (Å²) in [5.74, 6) is -3.04. The average Bonchev–Trinajstić information content (AvgIpc) is 3.53. The molecule has 4 amide bonds. The number of halogens is 4. The predicted octanol–water partition coefficient (Wildman–Crippen LogP) is 15.1. The number of amides is 4. The second kappa shape index (κ2) is 27.0. The van der Waals surface area contributed by atoms with Crippen LogP contribution in [0.1, 0.15) is 155 Å². The minimum Gasteiger partial charge on any atom is -0.481 e. The minimum absolute atomic E-state index is 0.0207. The van der Waals surface area contributed by atoms with E-state index in [4.69, 9.17) is 46.4 Å². The number of rotatable bonds is 18. The Morgan fingerprint density at radius 1 is 0.608 bits per heavy atom. The molecule has 0 spiro atoms. The molecule has 0 bridgehead atoms. The van der Waals surface area contributed by atoms with Crippen molar-refractivity contribution >= 4 is 95.5 Å². The van der Waals surface area contributed by atoms with Gasteiger partial charge >= 0.3 is 5.97 Å². The molecule has 2 heterocycles. The summed E-state index contributed by atoms with van der Waals surface area (Å²) in [5, 5.41) is 11.3. The third-order valence-corrected chi connectivity index (χ3v) is 22.1. The van der Waals surface area contributed by atoms with Gasteiger partial charge in [-0.3, -0.25) is 24.0 Å². The van der Waals surface area contributed by atoms with Crippen LogP contribution in [0.5, 0.6) is 0 Å². The van der Waals surface area contributed by atoms with Gasteiger partial charge in [0.25, 0.3) is 11.8 Å². The molecule has 2 unspecified atom stereocenters. The highest BCUT2D eigenvalue weighted by Gasteiger charge is 2.54. The number of carbonyl (C=O) groups is 5. The molecule has 2 aliphatic rings. The molecule has 12 nitrogen and oxygen atoms in total. The van der Waals surface area contributed by atoms with Crippen LogP contribution in [0.2, 0.25) is 20.1 Å². The molecule has 2 saturated heterocycles. The fraction of sp³-hybridized carbons (Fsp3) is 0.492. The first-order valence-electron chi connectivity index (χ1n) is 26.8. The monoisotopic (exact) mass is 1200 g/mol. The fourth-order valence-corrected chi connectivity index (χ4v) is 16.2. The molecule has 0 radical (unpaired) electrons. The van der Waals surface area contributed by atoms with E-state index in [9.17, 15) is 37.5 Å². The van der Waals surface area contributed by atoms with Gasteiger partial charge in [-0.25, -0.2) is 8.42 Å². The Labute approximate surface area is 489 Å². The van der Waals surface area contributed by atoms with Crippen LogP contribution in [0, 0.1) is 22.7 Å². The highest BCUT2D eigenvalue weighted by molar-refractivity contribution is 7.94. The summed E-state index contributed by atoms with van der Waals surface area (Å²) < 4.78 is 36.5. The second-order valence-corrected chi connectivity index (χ2v) is 30.4. The topological polar surface area (TPSA) is 171 Å². The standard InChI is InChI=1S/C31H40Cl2N2O3S.C30H38Cl2N2O5S/c1-8-16-31(7)18-27(24-10-9-11-26(33)17-24)29(23-12-14-25(32)15-13-23)35(30(31)37)28(20(2)3)19-39(38,21(4)5)34-22(6)36;1-18(2)26(17-40(39,19(3)4)33-20(5)35)34-28(21-10-12-23(31)13-11-21)25(22-8-7-9-24(32)14-22)15-30(6,29(34)38)16-27(36)37/h8-15,17,20-21,27-29H,1,16,18-19H2,2-7H3;7-14,18-19,25-26,28H,15-17H2,1-6H3,(H,36,37)/t27-,28-,29-,31+,39?;25-,26-,28-,30-,40?/m11/s1. The van der Waals surface area contributed by atoms with E-state index in [0.29, 0.717) is 32.9 Å². The summed E-state index contributed by atoms with van der Waals surface area (Å²) in [6.45, 7) is 25.3. The van der Waals surface area contributed by atoms with Gasteiger partial charge < -0.3 is 14.9 Å². The zero-order valence-corrected chi connectivity index (χ0v) is 52.1. The lowest BCUT2D eigenvalue weighted by Gasteiger charge is -2.53. The van der Waals surface area contributed by atoms with Crippen molar-refractivity contribution in [3.05, 3.63) is 152 Å². The van der Waals surface area contributed by atoms with Gasteiger partial charge in [-0.1, -0.05) is 170 Å². The Morgan fingerprint density at radius 2 is 0.962 bits per heavy atom. The van der Waals surface area contributed by atoms with Crippen molar-refractivity contribution in [1.29, 1.82) is 0 Å². The molecule has 430 valence electrons. The smallest absolute Gasteiger partial charge is 0.304 e. The highest BCUT2D eigenvalue weighted by Crippen LogP contribution is 2.54. The molecule has 2 fully saturated rings. The third-order valence-electron chi connectivity index (χ3n) is 15.4. The molecule has 0 saturated carbocycles. The van der Waals surface area contributed by atoms with Crippen LogP contribution in [0.3, 0.4) is 0 Å². The van der Waals surface area contributed by atoms with Gasteiger partial charge in [-0.05, 0) is 102 Å². The van der Waals surface area contributed by atoms with E-state index in [-0.39, 0.29) is 71.1 Å². The van der Waals surface area contributed by atoms with Crippen LogP contribution in [-0.4, -0.2) is 87.0 Å². The maximum absolute atomic E-state index is 14.6. The predicted molar refractivity (Wildman–Crippen MR) is 323 cm³/mol. The fourth-order valence-electron chi connectivity index (χ4n) is 11.3. The van der Waals surface area contributed by atoms with Crippen molar-refractivity contribution in [2.45, 2.75) is 155 Å². The summed E-state index contributed by atoms with van der Waals surface area (Å²) in [6.07, 6.45) is 2.78. The molecular formula is C61H78Cl4N4O8S2. The van der Waals surface area contributed by atoms with E-state index < -0.39 is 71.4 Å². The van der Waals surface area contributed by atoms with Crippen LogP contribution in [0.15, 0.2) is 118 Å². The lowest BCUT2D eigenvalue weighted by molar-refractivity contribution is -0.161. The van der Waals surface area contributed by atoms with Gasteiger partial charge in [-0.2, -0.15) is 8.73 Å². The molecule has 0 aromatic heterocycles. The minimum atomic E-state index is -3.06. The van der Waals surface area contributed by atoms with Crippen molar-refractivity contribution < 1.29 is 37.5 Å². The van der Waals surface area contributed by atoms with E-state index in [1.807, 2.05) is 126 Å². The van der Waals surface area contributed by atoms with Crippen molar-refractivity contribution in [3.8, 4) is 0 Å². The Hall–Kier alpha value is -4.57. The summed E-state index contributed by atoms with van der Waals surface area (Å²) in [5.41, 5.74) is 1.65.